The Bertz CT molecular complexity index is 205. The fourth-order valence-electron chi connectivity index (χ4n) is 2.13. The molecular formula is C13H27F3N2. The lowest BCUT2D eigenvalue weighted by atomic mass is 10.0. The van der Waals surface area contributed by atoms with Crippen molar-refractivity contribution >= 4 is 0 Å². The molecule has 0 heterocycles. The molecule has 0 bridgehead atoms. The summed E-state index contributed by atoms with van der Waals surface area (Å²) in [4.78, 5) is 1.51. The predicted octanol–water partition coefficient (Wildman–Crippen LogP) is 3.41. The maximum absolute atomic E-state index is 12.4. The summed E-state index contributed by atoms with van der Waals surface area (Å²) in [7, 11) is 0. The Kier molecular flexibility index (Phi) is 8.61. The molecule has 0 saturated heterocycles. The summed E-state index contributed by atoms with van der Waals surface area (Å²) < 4.78 is 37.1. The van der Waals surface area contributed by atoms with E-state index in [1.54, 1.807) is 0 Å². The van der Waals surface area contributed by atoms with Crippen LogP contribution in [-0.2, 0) is 0 Å². The first kappa shape index (κ1) is 17.7. The van der Waals surface area contributed by atoms with E-state index < -0.39 is 12.7 Å². The van der Waals surface area contributed by atoms with Gasteiger partial charge in [0.25, 0.3) is 0 Å². The molecule has 0 aliphatic heterocycles. The lowest BCUT2D eigenvalue weighted by Crippen LogP contribution is -2.37. The molecular weight excluding hydrogens is 241 g/mol. The quantitative estimate of drug-likeness (QED) is 0.694. The summed E-state index contributed by atoms with van der Waals surface area (Å²) in [5.41, 5.74) is 5.65. The van der Waals surface area contributed by atoms with E-state index in [0.717, 1.165) is 25.7 Å². The van der Waals surface area contributed by atoms with E-state index in [1.165, 1.54) is 4.90 Å². The van der Waals surface area contributed by atoms with Gasteiger partial charge in [0.15, 0.2) is 0 Å². The first-order chi connectivity index (χ1) is 8.24. The van der Waals surface area contributed by atoms with Gasteiger partial charge in [-0.2, -0.15) is 13.2 Å². The summed E-state index contributed by atoms with van der Waals surface area (Å²) in [5, 5.41) is 0. The lowest BCUT2D eigenvalue weighted by molar-refractivity contribution is -0.147. The van der Waals surface area contributed by atoms with Crippen LogP contribution in [0.25, 0.3) is 0 Å². The van der Waals surface area contributed by atoms with E-state index >= 15 is 0 Å². The smallest absolute Gasteiger partial charge is 0.328 e. The molecule has 0 spiro atoms. The Morgan fingerprint density at radius 1 is 1.17 bits per heavy atom. The number of hydrogen-bond donors (Lipinski definition) is 1. The molecule has 2 unspecified atom stereocenters. The van der Waals surface area contributed by atoms with Gasteiger partial charge in [0.1, 0.15) is 0 Å². The van der Waals surface area contributed by atoms with Gasteiger partial charge in [-0.25, -0.2) is 0 Å². The van der Waals surface area contributed by atoms with Gasteiger partial charge in [0.2, 0.25) is 0 Å². The first-order valence-corrected chi connectivity index (χ1v) is 6.79. The molecule has 0 rings (SSSR count). The zero-order valence-electron chi connectivity index (χ0n) is 11.8. The number of nitrogens with two attached hydrogens (primary N) is 1. The Labute approximate surface area is 109 Å². The molecule has 110 valence electrons. The monoisotopic (exact) mass is 268 g/mol. The number of halogens is 3. The van der Waals surface area contributed by atoms with Crippen molar-refractivity contribution < 1.29 is 13.2 Å². The molecule has 2 N–H and O–H groups in total. The highest BCUT2D eigenvalue weighted by molar-refractivity contribution is 4.67. The van der Waals surface area contributed by atoms with Crippen molar-refractivity contribution in [1.29, 1.82) is 0 Å². The van der Waals surface area contributed by atoms with Crippen LogP contribution in [0.2, 0.25) is 0 Å². The van der Waals surface area contributed by atoms with Gasteiger partial charge in [-0.05, 0) is 38.6 Å². The second-order valence-electron chi connectivity index (χ2n) is 5.36. The third-order valence-corrected chi connectivity index (χ3v) is 2.87. The van der Waals surface area contributed by atoms with Gasteiger partial charge in [-0.3, -0.25) is 4.90 Å². The molecule has 0 aliphatic rings. The normalized spacial score (nSPS) is 16.0. The molecule has 2 nitrogen and oxygen atoms in total. The van der Waals surface area contributed by atoms with Crippen LogP contribution in [0.1, 0.15) is 46.5 Å². The zero-order valence-corrected chi connectivity index (χ0v) is 11.8. The van der Waals surface area contributed by atoms with E-state index in [2.05, 4.69) is 0 Å². The standard InChI is InChI=1S/C13H27F3N2/c1-4-8-18(10-13(14,15)16)9-11(2)6-5-7-12(3)17/h11-12H,4-10,17H2,1-3H3. The minimum Gasteiger partial charge on any atom is -0.328 e. The van der Waals surface area contributed by atoms with Crippen molar-refractivity contribution in [3.63, 3.8) is 0 Å². The van der Waals surface area contributed by atoms with Crippen LogP contribution in [0.15, 0.2) is 0 Å². The van der Waals surface area contributed by atoms with Gasteiger partial charge in [-0.1, -0.05) is 20.3 Å². The molecule has 18 heavy (non-hydrogen) atoms. The molecule has 0 aromatic carbocycles. The molecule has 0 aromatic heterocycles. The van der Waals surface area contributed by atoms with E-state index in [0.29, 0.717) is 13.1 Å². The highest BCUT2D eigenvalue weighted by Gasteiger charge is 2.30. The highest BCUT2D eigenvalue weighted by Crippen LogP contribution is 2.19. The summed E-state index contributed by atoms with van der Waals surface area (Å²) in [5.74, 6) is 0.289. The molecule has 2 atom stereocenters. The van der Waals surface area contributed by atoms with Crippen LogP contribution < -0.4 is 5.73 Å². The van der Waals surface area contributed by atoms with Gasteiger partial charge in [0, 0.05) is 12.6 Å². The van der Waals surface area contributed by atoms with Gasteiger partial charge >= 0.3 is 6.18 Å². The Morgan fingerprint density at radius 3 is 2.22 bits per heavy atom. The summed E-state index contributed by atoms with van der Waals surface area (Å²) in [6, 6.07) is 0.180. The Balaban J connectivity index is 3.99. The second kappa shape index (κ2) is 8.75. The van der Waals surface area contributed by atoms with Crippen molar-refractivity contribution in [1.82, 2.24) is 4.90 Å². The van der Waals surface area contributed by atoms with Crippen molar-refractivity contribution in [2.45, 2.75) is 58.7 Å². The van der Waals surface area contributed by atoms with Crippen LogP contribution in [-0.4, -0.2) is 36.8 Å². The zero-order chi connectivity index (χ0) is 14.2. The van der Waals surface area contributed by atoms with Gasteiger partial charge in [0.05, 0.1) is 6.54 Å². The third-order valence-electron chi connectivity index (χ3n) is 2.87. The molecule has 0 radical (unpaired) electrons. The summed E-state index contributed by atoms with van der Waals surface area (Å²) in [6.45, 7) is 6.12. The average Bonchev–Trinajstić information content (AvgIpc) is 2.14. The van der Waals surface area contributed by atoms with E-state index in [-0.39, 0.29) is 12.0 Å². The van der Waals surface area contributed by atoms with Crippen LogP contribution in [0.3, 0.4) is 0 Å². The first-order valence-electron chi connectivity index (χ1n) is 6.79. The molecule has 0 saturated carbocycles. The molecule has 5 heteroatoms. The van der Waals surface area contributed by atoms with Crippen molar-refractivity contribution in [2.75, 3.05) is 19.6 Å². The minimum atomic E-state index is -4.10. The topological polar surface area (TPSA) is 29.3 Å². The summed E-state index contributed by atoms with van der Waals surface area (Å²) in [6.07, 6.45) is -0.467. The van der Waals surface area contributed by atoms with Crippen LogP contribution in [0.5, 0.6) is 0 Å². The highest BCUT2D eigenvalue weighted by atomic mass is 19.4. The third kappa shape index (κ3) is 10.8. The molecule has 0 aromatic rings. The number of nitrogens with zero attached hydrogens (tertiary/aromatic N) is 1. The molecule has 0 fully saturated rings. The van der Waals surface area contributed by atoms with Gasteiger partial charge < -0.3 is 5.73 Å². The van der Waals surface area contributed by atoms with E-state index in [9.17, 15) is 13.2 Å². The maximum atomic E-state index is 12.4. The number of rotatable bonds is 9. The molecule has 0 aliphatic carbocycles. The van der Waals surface area contributed by atoms with E-state index in [1.807, 2.05) is 20.8 Å². The van der Waals surface area contributed by atoms with E-state index in [4.69, 9.17) is 5.73 Å². The maximum Gasteiger partial charge on any atom is 0.401 e. The van der Waals surface area contributed by atoms with Crippen LogP contribution >= 0.6 is 0 Å². The fourth-order valence-corrected chi connectivity index (χ4v) is 2.13. The van der Waals surface area contributed by atoms with Crippen molar-refractivity contribution in [3.05, 3.63) is 0 Å². The SMILES string of the molecule is CCCN(CC(C)CCCC(C)N)CC(F)(F)F. The summed E-state index contributed by atoms with van der Waals surface area (Å²) >= 11 is 0. The van der Waals surface area contributed by atoms with Crippen molar-refractivity contribution in [2.24, 2.45) is 11.7 Å². The second-order valence-corrected chi connectivity index (χ2v) is 5.36. The van der Waals surface area contributed by atoms with Crippen LogP contribution in [0.4, 0.5) is 13.2 Å². The number of alkyl halides is 3. The largest absolute Gasteiger partial charge is 0.401 e. The Morgan fingerprint density at radius 2 is 1.78 bits per heavy atom. The lowest BCUT2D eigenvalue weighted by Gasteiger charge is -2.26. The number of hydrogen-bond acceptors (Lipinski definition) is 2. The molecule has 0 amide bonds. The van der Waals surface area contributed by atoms with Crippen molar-refractivity contribution in [3.8, 4) is 0 Å². The van der Waals surface area contributed by atoms with Gasteiger partial charge in [-0.15, -0.1) is 0 Å². The predicted molar refractivity (Wildman–Crippen MR) is 69.5 cm³/mol. The minimum absolute atomic E-state index is 0.180. The average molecular weight is 268 g/mol. The fraction of sp³-hybridized carbons (Fsp3) is 1.00. The Hall–Kier alpha value is -0.290. The van der Waals surface area contributed by atoms with Crippen LogP contribution in [0, 0.1) is 5.92 Å².